The molecule has 1 saturated carbocycles. The molecule has 1 aliphatic carbocycles. The van der Waals surface area contributed by atoms with Crippen molar-refractivity contribution in [2.75, 3.05) is 7.11 Å². The van der Waals surface area contributed by atoms with Gasteiger partial charge in [0.1, 0.15) is 11.3 Å². The molecule has 0 aliphatic heterocycles. The molecular weight excluding hydrogens is 530 g/mol. The number of aromatic amines is 1. The summed E-state index contributed by atoms with van der Waals surface area (Å²) in [4.78, 5) is 31.1. The number of nitrogens with zero attached hydrogens (tertiary/aromatic N) is 6. The van der Waals surface area contributed by atoms with Crippen LogP contribution in [0.15, 0.2) is 89.9 Å². The Labute approximate surface area is 240 Å². The number of rotatable bonds is 8. The number of carbonyl (C=O) groups is 1. The number of nitrogens with one attached hydrogen (secondary N) is 1. The molecular formula is C32H27N7O3. The Balaban J connectivity index is 1.24. The first kappa shape index (κ1) is 25.6. The first-order chi connectivity index (χ1) is 20.6. The number of benzene rings is 3. The standard InChI is InChI=1S/C32H27N7O3/c1-42-32(41)25-8-3-2-6-23(25)19-38-17-16-27-28(31(38)40)39(30(33-27)22-14-15-22)18-20-10-12-21(13-11-20)24-7-4-5-9-26(24)29-34-36-37-35-29/h2-13,16-17,22H,14-15,18-19H2,1H3,(H,34,35,36,37). The lowest BCUT2D eigenvalue weighted by Gasteiger charge is -2.13. The van der Waals surface area contributed by atoms with E-state index in [0.717, 1.165) is 46.5 Å². The monoisotopic (exact) mass is 557 g/mol. The molecule has 0 saturated heterocycles. The molecule has 42 heavy (non-hydrogen) atoms. The van der Waals surface area contributed by atoms with Crippen molar-refractivity contribution in [3.05, 3.63) is 118 Å². The van der Waals surface area contributed by atoms with Crippen molar-refractivity contribution < 1.29 is 9.53 Å². The van der Waals surface area contributed by atoms with Crippen LogP contribution in [0, 0.1) is 0 Å². The molecule has 208 valence electrons. The maximum atomic E-state index is 13.9. The van der Waals surface area contributed by atoms with E-state index in [-0.39, 0.29) is 12.1 Å². The predicted molar refractivity (Wildman–Crippen MR) is 157 cm³/mol. The molecule has 3 aromatic heterocycles. The van der Waals surface area contributed by atoms with Gasteiger partial charge in [0.05, 0.1) is 24.7 Å². The van der Waals surface area contributed by atoms with Gasteiger partial charge in [0.25, 0.3) is 5.56 Å². The summed E-state index contributed by atoms with van der Waals surface area (Å²) in [5, 5.41) is 14.5. The van der Waals surface area contributed by atoms with E-state index in [1.807, 2.05) is 42.5 Å². The second-order valence-corrected chi connectivity index (χ2v) is 10.4. The molecule has 0 unspecified atom stereocenters. The van der Waals surface area contributed by atoms with Gasteiger partial charge in [-0.2, -0.15) is 5.21 Å². The van der Waals surface area contributed by atoms with E-state index in [2.05, 4.69) is 49.5 Å². The van der Waals surface area contributed by atoms with Crippen LogP contribution in [0.2, 0.25) is 0 Å². The number of hydrogen-bond acceptors (Lipinski definition) is 7. The predicted octanol–water partition coefficient (Wildman–Crippen LogP) is 4.81. The second kappa shape index (κ2) is 10.5. The Morgan fingerprint density at radius 1 is 0.952 bits per heavy atom. The number of H-pyrrole nitrogens is 1. The Morgan fingerprint density at radius 2 is 1.71 bits per heavy atom. The van der Waals surface area contributed by atoms with E-state index in [1.54, 1.807) is 22.9 Å². The smallest absolute Gasteiger partial charge is 0.338 e. The van der Waals surface area contributed by atoms with Crippen LogP contribution in [0.3, 0.4) is 0 Å². The molecule has 3 heterocycles. The summed E-state index contributed by atoms with van der Waals surface area (Å²) >= 11 is 0. The molecule has 7 rings (SSSR count). The third-order valence-corrected chi connectivity index (χ3v) is 7.72. The van der Waals surface area contributed by atoms with Gasteiger partial charge in [0, 0.05) is 24.2 Å². The third-order valence-electron chi connectivity index (χ3n) is 7.72. The Kier molecular flexibility index (Phi) is 6.42. The molecule has 0 radical (unpaired) electrons. The average Bonchev–Trinajstić information content (AvgIpc) is 3.59. The summed E-state index contributed by atoms with van der Waals surface area (Å²) in [6.45, 7) is 0.769. The topological polar surface area (TPSA) is 121 Å². The lowest BCUT2D eigenvalue weighted by atomic mass is 9.98. The lowest BCUT2D eigenvalue weighted by Crippen LogP contribution is -2.23. The van der Waals surface area contributed by atoms with Gasteiger partial charge in [-0.3, -0.25) is 4.79 Å². The maximum absolute atomic E-state index is 13.9. The molecule has 1 fully saturated rings. The molecule has 6 aromatic rings. The highest BCUT2D eigenvalue weighted by Gasteiger charge is 2.30. The Hall–Kier alpha value is -5.38. The molecule has 0 atom stereocenters. The first-order valence-electron chi connectivity index (χ1n) is 13.8. The number of ether oxygens (including phenoxy) is 1. The zero-order valence-corrected chi connectivity index (χ0v) is 22.9. The lowest BCUT2D eigenvalue weighted by molar-refractivity contribution is 0.0599. The van der Waals surface area contributed by atoms with Crippen molar-refractivity contribution >= 4 is 17.0 Å². The van der Waals surface area contributed by atoms with Crippen molar-refractivity contribution in [3.8, 4) is 22.5 Å². The number of fused-ring (bicyclic) bond motifs is 1. The van der Waals surface area contributed by atoms with Gasteiger partial charge in [-0.25, -0.2) is 9.78 Å². The fourth-order valence-electron chi connectivity index (χ4n) is 5.46. The number of methoxy groups -OCH3 is 1. The number of imidazole rings is 1. The van der Waals surface area contributed by atoms with Crippen LogP contribution in [0.25, 0.3) is 33.5 Å². The van der Waals surface area contributed by atoms with E-state index in [0.29, 0.717) is 34.9 Å². The molecule has 0 bridgehead atoms. The Bertz CT molecular complexity index is 1970. The molecule has 1 aliphatic rings. The molecule has 0 spiro atoms. The number of pyridine rings is 1. The van der Waals surface area contributed by atoms with Crippen LogP contribution in [0.4, 0.5) is 0 Å². The summed E-state index contributed by atoms with van der Waals surface area (Å²) in [6, 6.07) is 25.3. The van der Waals surface area contributed by atoms with E-state index in [1.165, 1.54) is 7.11 Å². The molecule has 3 aromatic carbocycles. The number of tetrazole rings is 1. The van der Waals surface area contributed by atoms with E-state index in [4.69, 9.17) is 9.72 Å². The van der Waals surface area contributed by atoms with Gasteiger partial charge in [-0.1, -0.05) is 66.7 Å². The largest absolute Gasteiger partial charge is 0.465 e. The van der Waals surface area contributed by atoms with Crippen molar-refractivity contribution in [1.82, 2.24) is 34.7 Å². The van der Waals surface area contributed by atoms with Crippen molar-refractivity contribution in [3.63, 3.8) is 0 Å². The number of carbonyl (C=O) groups excluding carboxylic acids is 1. The van der Waals surface area contributed by atoms with Crippen LogP contribution in [-0.2, 0) is 17.8 Å². The van der Waals surface area contributed by atoms with Gasteiger partial charge in [0.2, 0.25) is 5.82 Å². The maximum Gasteiger partial charge on any atom is 0.338 e. The highest BCUT2D eigenvalue weighted by atomic mass is 16.5. The van der Waals surface area contributed by atoms with Crippen molar-refractivity contribution in [2.45, 2.75) is 31.8 Å². The quantitative estimate of drug-likeness (QED) is 0.267. The molecule has 10 heteroatoms. The summed E-state index contributed by atoms with van der Waals surface area (Å²) < 4.78 is 8.65. The highest BCUT2D eigenvalue weighted by molar-refractivity contribution is 5.91. The minimum absolute atomic E-state index is 0.141. The fourth-order valence-corrected chi connectivity index (χ4v) is 5.46. The highest BCUT2D eigenvalue weighted by Crippen LogP contribution is 2.40. The van der Waals surface area contributed by atoms with Gasteiger partial charge >= 0.3 is 5.97 Å². The van der Waals surface area contributed by atoms with Gasteiger partial charge in [-0.15, -0.1) is 10.2 Å². The SMILES string of the molecule is COC(=O)c1ccccc1Cn1ccc2nc(C3CC3)n(Cc3ccc(-c4ccccc4-c4nn[nH]n4)cc3)c2c1=O. The van der Waals surface area contributed by atoms with Crippen LogP contribution >= 0.6 is 0 Å². The zero-order valence-electron chi connectivity index (χ0n) is 22.9. The molecule has 1 N–H and O–H groups in total. The van der Waals surface area contributed by atoms with E-state index >= 15 is 0 Å². The summed E-state index contributed by atoms with van der Waals surface area (Å²) in [5.74, 6) is 1.41. The number of hydrogen-bond donors (Lipinski definition) is 1. The zero-order chi connectivity index (χ0) is 28.6. The minimum Gasteiger partial charge on any atom is -0.465 e. The molecule has 10 nitrogen and oxygen atoms in total. The van der Waals surface area contributed by atoms with Crippen LogP contribution < -0.4 is 5.56 Å². The molecule has 0 amide bonds. The van der Waals surface area contributed by atoms with Gasteiger partial charge < -0.3 is 13.9 Å². The number of aromatic nitrogens is 7. The normalized spacial score (nSPS) is 13.0. The van der Waals surface area contributed by atoms with Gasteiger partial charge in [-0.05, 0) is 52.4 Å². The van der Waals surface area contributed by atoms with Crippen molar-refractivity contribution in [2.24, 2.45) is 0 Å². The Morgan fingerprint density at radius 3 is 2.45 bits per heavy atom. The summed E-state index contributed by atoms with van der Waals surface area (Å²) in [6.07, 6.45) is 3.88. The van der Waals surface area contributed by atoms with Gasteiger partial charge in [0.15, 0.2) is 0 Å². The van der Waals surface area contributed by atoms with Crippen LogP contribution in [-0.4, -0.2) is 47.8 Å². The first-order valence-corrected chi connectivity index (χ1v) is 13.8. The third kappa shape index (κ3) is 4.66. The summed E-state index contributed by atoms with van der Waals surface area (Å²) in [5.41, 5.74) is 6.27. The minimum atomic E-state index is -0.427. The second-order valence-electron chi connectivity index (χ2n) is 10.4. The number of esters is 1. The average molecular weight is 558 g/mol. The summed E-state index contributed by atoms with van der Waals surface area (Å²) in [7, 11) is 1.36. The fraction of sp³-hybridized carbons (Fsp3) is 0.188. The van der Waals surface area contributed by atoms with Crippen LogP contribution in [0.5, 0.6) is 0 Å². The van der Waals surface area contributed by atoms with Crippen LogP contribution in [0.1, 0.15) is 46.1 Å². The van der Waals surface area contributed by atoms with Crippen molar-refractivity contribution in [1.29, 1.82) is 0 Å². The van der Waals surface area contributed by atoms with E-state index < -0.39 is 5.97 Å². The van der Waals surface area contributed by atoms with E-state index in [9.17, 15) is 9.59 Å².